The van der Waals surface area contributed by atoms with Crippen molar-refractivity contribution in [3.05, 3.63) is 70.8 Å². The van der Waals surface area contributed by atoms with E-state index in [-0.39, 0.29) is 6.03 Å². The standard InChI is InChI=1S/C21H26N4O2/c1-16-4-2-6-18(12-16)15-24-8-10-25(11-9-24)21(27)23-14-17-5-3-7-19(13-17)20(22)26/h2-7,12-13H,8-11,14-15H2,1H3,(H2,22,26)(H,23,27). The predicted octanol–water partition coefficient (Wildman–Crippen LogP) is 2.12. The summed E-state index contributed by atoms with van der Waals surface area (Å²) in [5.41, 5.74) is 9.18. The van der Waals surface area contributed by atoms with Gasteiger partial charge in [0.1, 0.15) is 0 Å². The Kier molecular flexibility index (Phi) is 6.08. The van der Waals surface area contributed by atoms with Crippen LogP contribution in [0.4, 0.5) is 4.79 Å². The van der Waals surface area contributed by atoms with Crippen molar-refractivity contribution < 1.29 is 9.59 Å². The first-order valence-corrected chi connectivity index (χ1v) is 9.21. The van der Waals surface area contributed by atoms with Crippen molar-refractivity contribution >= 4 is 11.9 Å². The van der Waals surface area contributed by atoms with Crippen molar-refractivity contribution in [1.82, 2.24) is 15.1 Å². The zero-order valence-corrected chi connectivity index (χ0v) is 15.6. The highest BCUT2D eigenvalue weighted by molar-refractivity contribution is 5.92. The first-order chi connectivity index (χ1) is 13.0. The lowest BCUT2D eigenvalue weighted by Crippen LogP contribution is -2.51. The molecule has 0 aromatic heterocycles. The van der Waals surface area contributed by atoms with Crippen LogP contribution in [0.3, 0.4) is 0 Å². The largest absolute Gasteiger partial charge is 0.366 e. The van der Waals surface area contributed by atoms with Crippen LogP contribution in [0, 0.1) is 6.92 Å². The van der Waals surface area contributed by atoms with E-state index >= 15 is 0 Å². The minimum Gasteiger partial charge on any atom is -0.366 e. The number of hydrogen-bond donors (Lipinski definition) is 2. The summed E-state index contributed by atoms with van der Waals surface area (Å²) in [6, 6.07) is 15.5. The lowest BCUT2D eigenvalue weighted by molar-refractivity contribution is 0.1000. The molecule has 0 atom stereocenters. The summed E-state index contributed by atoms with van der Waals surface area (Å²) in [4.78, 5) is 27.9. The molecule has 3 rings (SSSR count). The van der Waals surface area contributed by atoms with E-state index in [4.69, 9.17) is 5.73 Å². The molecular weight excluding hydrogens is 340 g/mol. The Morgan fingerprint density at radius 3 is 2.41 bits per heavy atom. The maximum absolute atomic E-state index is 12.4. The number of benzene rings is 2. The number of urea groups is 1. The van der Waals surface area contributed by atoms with Crippen molar-refractivity contribution in [3.63, 3.8) is 0 Å². The quantitative estimate of drug-likeness (QED) is 0.851. The average Bonchev–Trinajstić information content (AvgIpc) is 2.67. The van der Waals surface area contributed by atoms with Gasteiger partial charge in [-0.05, 0) is 30.2 Å². The third kappa shape index (κ3) is 5.31. The maximum atomic E-state index is 12.4. The molecule has 1 heterocycles. The minimum atomic E-state index is -0.465. The number of hydrogen-bond acceptors (Lipinski definition) is 3. The van der Waals surface area contributed by atoms with E-state index in [0.717, 1.165) is 25.2 Å². The van der Waals surface area contributed by atoms with Gasteiger partial charge in [0.15, 0.2) is 0 Å². The monoisotopic (exact) mass is 366 g/mol. The van der Waals surface area contributed by atoms with E-state index in [9.17, 15) is 9.59 Å². The number of nitrogens with one attached hydrogen (secondary N) is 1. The van der Waals surface area contributed by atoms with Crippen LogP contribution in [0.5, 0.6) is 0 Å². The summed E-state index contributed by atoms with van der Waals surface area (Å²) in [6.45, 7) is 6.53. The number of amides is 3. The molecule has 0 bridgehead atoms. The van der Waals surface area contributed by atoms with Crippen molar-refractivity contribution in [3.8, 4) is 0 Å². The molecule has 1 fully saturated rings. The fourth-order valence-electron chi connectivity index (χ4n) is 3.30. The first kappa shape index (κ1) is 18.9. The van der Waals surface area contributed by atoms with Gasteiger partial charge in [-0.15, -0.1) is 0 Å². The summed E-state index contributed by atoms with van der Waals surface area (Å²) >= 11 is 0. The summed E-state index contributed by atoms with van der Waals surface area (Å²) in [5, 5.41) is 2.92. The molecule has 1 aliphatic rings. The molecule has 6 heteroatoms. The van der Waals surface area contributed by atoms with Gasteiger partial charge in [-0.2, -0.15) is 0 Å². The molecule has 0 saturated carbocycles. The number of rotatable bonds is 5. The topological polar surface area (TPSA) is 78.7 Å². The second-order valence-corrected chi connectivity index (χ2v) is 6.98. The van der Waals surface area contributed by atoms with Gasteiger partial charge in [0.2, 0.25) is 5.91 Å². The van der Waals surface area contributed by atoms with E-state index in [1.54, 1.807) is 18.2 Å². The zero-order valence-electron chi connectivity index (χ0n) is 15.6. The van der Waals surface area contributed by atoms with Crippen LogP contribution in [0.2, 0.25) is 0 Å². The van der Waals surface area contributed by atoms with Crippen LogP contribution >= 0.6 is 0 Å². The van der Waals surface area contributed by atoms with Gasteiger partial charge in [-0.25, -0.2) is 4.79 Å². The van der Waals surface area contributed by atoms with Crippen LogP contribution in [-0.4, -0.2) is 47.9 Å². The summed E-state index contributed by atoms with van der Waals surface area (Å²) < 4.78 is 0. The van der Waals surface area contributed by atoms with Crippen molar-refractivity contribution in [2.45, 2.75) is 20.0 Å². The molecule has 0 aliphatic carbocycles. The number of nitrogens with two attached hydrogens (primary N) is 1. The molecule has 142 valence electrons. The van der Waals surface area contributed by atoms with Gasteiger partial charge in [0, 0.05) is 44.8 Å². The van der Waals surface area contributed by atoms with Crippen molar-refractivity contribution in [1.29, 1.82) is 0 Å². The average molecular weight is 366 g/mol. The number of carbonyl (C=O) groups excluding carboxylic acids is 2. The normalized spacial score (nSPS) is 14.8. The minimum absolute atomic E-state index is 0.0744. The molecule has 3 N–H and O–H groups in total. The lowest BCUT2D eigenvalue weighted by Gasteiger charge is -2.34. The number of piperazine rings is 1. The molecular formula is C21H26N4O2. The lowest BCUT2D eigenvalue weighted by atomic mass is 10.1. The third-order valence-electron chi connectivity index (χ3n) is 4.80. The van der Waals surface area contributed by atoms with Crippen LogP contribution in [-0.2, 0) is 13.1 Å². The summed E-state index contributed by atoms with van der Waals surface area (Å²) in [6.07, 6.45) is 0. The highest BCUT2D eigenvalue weighted by Gasteiger charge is 2.21. The fourth-order valence-corrected chi connectivity index (χ4v) is 3.30. The number of nitrogens with zero attached hydrogens (tertiary/aromatic N) is 2. The van der Waals surface area contributed by atoms with Crippen LogP contribution in [0.15, 0.2) is 48.5 Å². The first-order valence-electron chi connectivity index (χ1n) is 9.21. The molecule has 0 spiro atoms. The number of aryl methyl sites for hydroxylation is 1. The molecule has 0 radical (unpaired) electrons. The van der Waals surface area contributed by atoms with E-state index in [2.05, 4.69) is 41.4 Å². The predicted molar refractivity (Wildman–Crippen MR) is 105 cm³/mol. The zero-order chi connectivity index (χ0) is 19.2. The summed E-state index contributed by atoms with van der Waals surface area (Å²) in [5.74, 6) is -0.465. The molecule has 2 aromatic rings. The van der Waals surface area contributed by atoms with Gasteiger partial charge in [0.25, 0.3) is 0 Å². The Morgan fingerprint density at radius 1 is 1.00 bits per heavy atom. The molecule has 6 nitrogen and oxygen atoms in total. The van der Waals surface area contributed by atoms with Gasteiger partial charge < -0.3 is 16.0 Å². The van der Waals surface area contributed by atoms with Crippen molar-refractivity contribution in [2.75, 3.05) is 26.2 Å². The molecule has 2 aromatic carbocycles. The van der Waals surface area contributed by atoms with Crippen LogP contribution < -0.4 is 11.1 Å². The third-order valence-corrected chi connectivity index (χ3v) is 4.80. The van der Waals surface area contributed by atoms with Crippen LogP contribution in [0.1, 0.15) is 27.0 Å². The van der Waals surface area contributed by atoms with E-state index in [1.165, 1.54) is 11.1 Å². The molecule has 0 unspecified atom stereocenters. The molecule has 27 heavy (non-hydrogen) atoms. The van der Waals surface area contributed by atoms with Gasteiger partial charge in [-0.1, -0.05) is 42.0 Å². The number of primary amides is 1. The van der Waals surface area contributed by atoms with Gasteiger partial charge >= 0.3 is 6.03 Å². The Bertz CT molecular complexity index is 813. The smallest absolute Gasteiger partial charge is 0.317 e. The number of carbonyl (C=O) groups is 2. The fraction of sp³-hybridized carbons (Fsp3) is 0.333. The highest BCUT2D eigenvalue weighted by Crippen LogP contribution is 2.11. The van der Waals surface area contributed by atoms with Gasteiger partial charge in [-0.3, -0.25) is 9.69 Å². The maximum Gasteiger partial charge on any atom is 0.317 e. The summed E-state index contributed by atoms with van der Waals surface area (Å²) in [7, 11) is 0. The molecule has 1 aliphatic heterocycles. The molecule has 1 saturated heterocycles. The Hall–Kier alpha value is -2.86. The van der Waals surface area contributed by atoms with Crippen LogP contribution in [0.25, 0.3) is 0 Å². The Morgan fingerprint density at radius 2 is 1.70 bits per heavy atom. The molecule has 3 amide bonds. The second-order valence-electron chi connectivity index (χ2n) is 6.98. The SMILES string of the molecule is Cc1cccc(CN2CCN(C(=O)NCc3cccc(C(N)=O)c3)CC2)c1. The van der Waals surface area contributed by atoms with Crippen molar-refractivity contribution in [2.24, 2.45) is 5.73 Å². The van der Waals surface area contributed by atoms with Gasteiger partial charge in [0.05, 0.1) is 0 Å². The van der Waals surface area contributed by atoms with E-state index in [0.29, 0.717) is 25.2 Å². The Labute approximate surface area is 159 Å². The highest BCUT2D eigenvalue weighted by atomic mass is 16.2. The second kappa shape index (κ2) is 8.68. The van der Waals surface area contributed by atoms with E-state index < -0.39 is 5.91 Å². The Balaban J connectivity index is 1.46. The van der Waals surface area contributed by atoms with E-state index in [1.807, 2.05) is 11.0 Å².